The van der Waals surface area contributed by atoms with E-state index in [0.29, 0.717) is 12.2 Å². The topological polar surface area (TPSA) is 35.5 Å². The summed E-state index contributed by atoms with van der Waals surface area (Å²) in [6.45, 7) is 2.67. The van der Waals surface area contributed by atoms with Crippen molar-refractivity contribution >= 4 is 5.97 Å². The Bertz CT molecular complexity index is 935. The van der Waals surface area contributed by atoms with Crippen LogP contribution in [0, 0.1) is 0 Å². The summed E-state index contributed by atoms with van der Waals surface area (Å²) >= 11 is 0. The van der Waals surface area contributed by atoms with Gasteiger partial charge in [0, 0.05) is 0 Å². The lowest BCUT2D eigenvalue weighted by atomic mass is 9.93. The van der Waals surface area contributed by atoms with Crippen LogP contribution in [0.4, 0.5) is 0 Å². The molecule has 0 amide bonds. The zero-order chi connectivity index (χ0) is 22.4. The van der Waals surface area contributed by atoms with E-state index in [1.54, 1.807) is 6.07 Å². The highest BCUT2D eigenvalue weighted by atomic mass is 17.2. The highest BCUT2D eigenvalue weighted by Gasteiger charge is 2.14. The first kappa shape index (κ1) is 23.7. The van der Waals surface area contributed by atoms with Crippen LogP contribution in [0.25, 0.3) is 22.3 Å². The first-order chi connectivity index (χ1) is 15.8. The van der Waals surface area contributed by atoms with Crippen LogP contribution in [0.15, 0.2) is 78.9 Å². The normalized spacial score (nSPS) is 10.8. The average Bonchev–Trinajstić information content (AvgIpc) is 2.86. The molecule has 168 valence electrons. The van der Waals surface area contributed by atoms with E-state index in [-0.39, 0.29) is 0 Å². The molecule has 0 N–H and O–H groups in total. The molecule has 3 aromatic carbocycles. The lowest BCUT2D eigenvalue weighted by Gasteiger charge is -2.12. The molecule has 0 aromatic heterocycles. The minimum Gasteiger partial charge on any atom is -0.293 e. The lowest BCUT2D eigenvalue weighted by Crippen LogP contribution is -2.07. The van der Waals surface area contributed by atoms with Crippen LogP contribution in [0.2, 0.25) is 0 Å². The number of unbranched alkanes of at least 4 members (excludes halogenated alkanes) is 7. The molecular formula is C29H34O3. The predicted octanol–water partition coefficient (Wildman–Crippen LogP) is 8.25. The Balaban J connectivity index is 1.55. The Labute approximate surface area is 192 Å². The summed E-state index contributed by atoms with van der Waals surface area (Å²) < 4.78 is 0. The molecule has 0 saturated carbocycles. The van der Waals surface area contributed by atoms with E-state index in [2.05, 4.69) is 31.2 Å². The average molecular weight is 431 g/mol. The number of carbonyl (C=O) groups excluding carboxylic acids is 1. The molecule has 32 heavy (non-hydrogen) atoms. The van der Waals surface area contributed by atoms with Crippen molar-refractivity contribution in [1.82, 2.24) is 0 Å². The van der Waals surface area contributed by atoms with Crippen LogP contribution in [-0.4, -0.2) is 12.6 Å². The van der Waals surface area contributed by atoms with Crippen molar-refractivity contribution in [1.29, 1.82) is 0 Å². The first-order valence-electron chi connectivity index (χ1n) is 11.9. The molecule has 0 fully saturated rings. The van der Waals surface area contributed by atoms with E-state index in [1.807, 2.05) is 48.5 Å². The third kappa shape index (κ3) is 7.35. The zero-order valence-electron chi connectivity index (χ0n) is 19.1. The minimum absolute atomic E-state index is 0.439. The van der Waals surface area contributed by atoms with E-state index >= 15 is 0 Å². The second-order valence-corrected chi connectivity index (χ2v) is 8.16. The molecule has 3 rings (SSSR count). The number of hydrogen-bond acceptors (Lipinski definition) is 3. The van der Waals surface area contributed by atoms with Gasteiger partial charge in [-0.1, -0.05) is 119 Å². The Morgan fingerprint density at radius 3 is 1.84 bits per heavy atom. The molecule has 0 aliphatic rings. The Morgan fingerprint density at radius 2 is 1.22 bits per heavy atom. The van der Waals surface area contributed by atoms with E-state index < -0.39 is 5.97 Å². The van der Waals surface area contributed by atoms with Crippen molar-refractivity contribution in [2.75, 3.05) is 6.61 Å². The summed E-state index contributed by atoms with van der Waals surface area (Å²) in [5.74, 6) is -0.457. The summed E-state index contributed by atoms with van der Waals surface area (Å²) in [4.78, 5) is 22.9. The second-order valence-electron chi connectivity index (χ2n) is 8.16. The summed E-state index contributed by atoms with van der Waals surface area (Å²) in [7, 11) is 0. The molecule has 3 heteroatoms. The molecule has 0 bridgehead atoms. The smallest absolute Gasteiger partial charge is 0.293 e. The SMILES string of the molecule is CCCCCCCCCCOOC(=O)c1ccc(-c2ccccc2)c(-c2ccccc2)c1. The monoisotopic (exact) mass is 430 g/mol. The van der Waals surface area contributed by atoms with Crippen LogP contribution in [0.3, 0.4) is 0 Å². The van der Waals surface area contributed by atoms with Crippen LogP contribution in [0.5, 0.6) is 0 Å². The molecule has 3 nitrogen and oxygen atoms in total. The lowest BCUT2D eigenvalue weighted by molar-refractivity contribution is -0.241. The van der Waals surface area contributed by atoms with Gasteiger partial charge in [0.1, 0.15) is 0 Å². The Hall–Kier alpha value is -2.91. The van der Waals surface area contributed by atoms with Crippen molar-refractivity contribution in [2.24, 2.45) is 0 Å². The quantitative estimate of drug-likeness (QED) is 0.156. The van der Waals surface area contributed by atoms with Gasteiger partial charge in [0.2, 0.25) is 0 Å². The molecular weight excluding hydrogens is 396 g/mol. The van der Waals surface area contributed by atoms with Crippen molar-refractivity contribution in [3.05, 3.63) is 84.4 Å². The van der Waals surface area contributed by atoms with E-state index in [0.717, 1.165) is 35.1 Å². The molecule has 0 saturated heterocycles. The van der Waals surface area contributed by atoms with Crippen LogP contribution in [-0.2, 0) is 9.78 Å². The minimum atomic E-state index is -0.457. The van der Waals surface area contributed by atoms with Gasteiger partial charge in [-0.25, -0.2) is 4.79 Å². The fraction of sp³-hybridized carbons (Fsp3) is 0.345. The molecule has 3 aromatic rings. The highest BCUT2D eigenvalue weighted by Crippen LogP contribution is 2.33. The maximum atomic E-state index is 12.6. The fourth-order valence-electron chi connectivity index (χ4n) is 3.84. The van der Waals surface area contributed by atoms with Gasteiger partial charge < -0.3 is 0 Å². The second kappa shape index (κ2) is 13.5. The molecule has 0 aliphatic heterocycles. The molecule has 0 unspecified atom stereocenters. The summed E-state index contributed by atoms with van der Waals surface area (Å²) in [5.41, 5.74) is 4.72. The number of carbonyl (C=O) groups is 1. The van der Waals surface area contributed by atoms with Crippen molar-refractivity contribution in [3.63, 3.8) is 0 Å². The number of hydrogen-bond donors (Lipinski definition) is 0. The Kier molecular flexibility index (Phi) is 10.0. The number of benzene rings is 3. The van der Waals surface area contributed by atoms with Gasteiger partial charge in [0.15, 0.2) is 0 Å². The van der Waals surface area contributed by atoms with Gasteiger partial charge in [-0.3, -0.25) is 4.89 Å². The third-order valence-electron chi connectivity index (χ3n) is 5.64. The van der Waals surface area contributed by atoms with E-state index in [1.165, 1.54) is 38.5 Å². The van der Waals surface area contributed by atoms with Gasteiger partial charge in [-0.2, -0.15) is 4.89 Å². The van der Waals surface area contributed by atoms with Gasteiger partial charge in [-0.05, 0) is 40.8 Å². The molecule has 0 heterocycles. The Morgan fingerprint density at radius 1 is 0.656 bits per heavy atom. The van der Waals surface area contributed by atoms with E-state index in [9.17, 15) is 4.79 Å². The highest BCUT2D eigenvalue weighted by molar-refractivity contribution is 5.94. The van der Waals surface area contributed by atoms with Crippen LogP contribution >= 0.6 is 0 Å². The summed E-state index contributed by atoms with van der Waals surface area (Å²) in [6, 6.07) is 26.0. The van der Waals surface area contributed by atoms with Gasteiger partial charge in [0.05, 0.1) is 12.2 Å². The largest absolute Gasteiger partial charge is 0.373 e. The molecule has 0 spiro atoms. The molecule has 0 atom stereocenters. The molecule has 0 aliphatic carbocycles. The maximum Gasteiger partial charge on any atom is 0.373 e. The third-order valence-corrected chi connectivity index (χ3v) is 5.64. The summed E-state index contributed by atoms with van der Waals surface area (Å²) in [6.07, 6.45) is 9.75. The zero-order valence-corrected chi connectivity index (χ0v) is 19.1. The van der Waals surface area contributed by atoms with Crippen molar-refractivity contribution < 1.29 is 14.6 Å². The van der Waals surface area contributed by atoms with Gasteiger partial charge >= 0.3 is 5.97 Å². The van der Waals surface area contributed by atoms with Gasteiger partial charge in [0.25, 0.3) is 0 Å². The summed E-state index contributed by atoms with van der Waals surface area (Å²) in [5, 5.41) is 0. The fourth-order valence-corrected chi connectivity index (χ4v) is 3.84. The van der Waals surface area contributed by atoms with Crippen molar-refractivity contribution in [2.45, 2.75) is 58.3 Å². The number of rotatable bonds is 13. The van der Waals surface area contributed by atoms with Gasteiger partial charge in [-0.15, -0.1) is 0 Å². The van der Waals surface area contributed by atoms with Crippen LogP contribution < -0.4 is 0 Å². The maximum absolute atomic E-state index is 12.6. The predicted molar refractivity (Wildman–Crippen MR) is 131 cm³/mol. The van der Waals surface area contributed by atoms with Crippen molar-refractivity contribution in [3.8, 4) is 22.3 Å². The first-order valence-corrected chi connectivity index (χ1v) is 11.9. The van der Waals surface area contributed by atoms with E-state index in [4.69, 9.17) is 9.78 Å². The molecule has 0 radical (unpaired) electrons. The van der Waals surface area contributed by atoms with Crippen LogP contribution in [0.1, 0.15) is 68.6 Å². The standard InChI is InChI=1S/C29H34O3/c1-2-3-4-5-6-7-8-15-22-31-32-29(30)26-20-21-27(24-16-11-9-12-17-24)28(23-26)25-18-13-10-14-19-25/h9-14,16-21,23H,2-8,15,22H2,1H3.